The fourth-order valence-corrected chi connectivity index (χ4v) is 1.76. The van der Waals surface area contributed by atoms with Gasteiger partial charge in [0.05, 0.1) is 6.61 Å². The number of methoxy groups -OCH3 is 1. The Morgan fingerprint density at radius 2 is 1.89 bits per heavy atom. The van der Waals surface area contributed by atoms with Crippen LogP contribution in [0.1, 0.15) is 11.1 Å². The summed E-state index contributed by atoms with van der Waals surface area (Å²) in [6.07, 6.45) is 0. The van der Waals surface area contributed by atoms with Crippen molar-refractivity contribution in [3.05, 3.63) is 59.7 Å². The second-order valence-corrected chi connectivity index (χ2v) is 3.99. The molecule has 0 saturated heterocycles. The molecule has 18 heavy (non-hydrogen) atoms. The first kappa shape index (κ1) is 12.6. The standard InChI is InChI=1S/C15H17NO2/c1-17-11-12-5-4-7-14(9-12)18-15-8-3-2-6-13(15)10-16/h2-9H,10-11,16H2,1H3. The van der Waals surface area contributed by atoms with Crippen LogP contribution in [0, 0.1) is 0 Å². The molecule has 0 bridgehead atoms. The van der Waals surface area contributed by atoms with Gasteiger partial charge in [0.2, 0.25) is 0 Å². The highest BCUT2D eigenvalue weighted by Crippen LogP contribution is 2.25. The lowest BCUT2D eigenvalue weighted by atomic mass is 10.2. The average molecular weight is 243 g/mol. The molecule has 0 aliphatic heterocycles. The fraction of sp³-hybridized carbons (Fsp3) is 0.200. The van der Waals surface area contributed by atoms with Crippen LogP contribution in [0.4, 0.5) is 0 Å². The summed E-state index contributed by atoms with van der Waals surface area (Å²) >= 11 is 0. The zero-order valence-corrected chi connectivity index (χ0v) is 10.4. The van der Waals surface area contributed by atoms with Crippen LogP contribution in [0.3, 0.4) is 0 Å². The van der Waals surface area contributed by atoms with Gasteiger partial charge < -0.3 is 15.2 Å². The van der Waals surface area contributed by atoms with E-state index < -0.39 is 0 Å². The first-order valence-electron chi connectivity index (χ1n) is 5.87. The van der Waals surface area contributed by atoms with Crippen molar-refractivity contribution >= 4 is 0 Å². The van der Waals surface area contributed by atoms with E-state index in [0.717, 1.165) is 22.6 Å². The summed E-state index contributed by atoms with van der Waals surface area (Å²) in [5.74, 6) is 1.60. The second-order valence-electron chi connectivity index (χ2n) is 3.99. The van der Waals surface area contributed by atoms with Gasteiger partial charge in [-0.05, 0) is 23.8 Å². The highest BCUT2D eigenvalue weighted by molar-refractivity contribution is 5.38. The molecule has 0 aliphatic carbocycles. The minimum atomic E-state index is 0.466. The van der Waals surface area contributed by atoms with Crippen molar-refractivity contribution in [1.82, 2.24) is 0 Å². The average Bonchev–Trinajstić information content (AvgIpc) is 2.40. The molecule has 0 fully saturated rings. The molecule has 2 rings (SSSR count). The summed E-state index contributed by atoms with van der Waals surface area (Å²) in [6.45, 7) is 1.05. The maximum Gasteiger partial charge on any atom is 0.131 e. The summed E-state index contributed by atoms with van der Waals surface area (Å²) in [4.78, 5) is 0. The van der Waals surface area contributed by atoms with Gasteiger partial charge in [-0.2, -0.15) is 0 Å². The molecule has 2 aromatic rings. The predicted molar refractivity (Wildman–Crippen MR) is 71.6 cm³/mol. The molecule has 0 atom stereocenters. The van der Waals surface area contributed by atoms with Gasteiger partial charge in [-0.3, -0.25) is 0 Å². The molecule has 0 aliphatic rings. The van der Waals surface area contributed by atoms with Crippen LogP contribution in [0.15, 0.2) is 48.5 Å². The minimum Gasteiger partial charge on any atom is -0.457 e. The van der Waals surface area contributed by atoms with E-state index in [-0.39, 0.29) is 0 Å². The first-order valence-corrected chi connectivity index (χ1v) is 5.87. The van der Waals surface area contributed by atoms with Crippen LogP contribution in [0.2, 0.25) is 0 Å². The lowest BCUT2D eigenvalue weighted by Crippen LogP contribution is -1.99. The largest absolute Gasteiger partial charge is 0.457 e. The lowest BCUT2D eigenvalue weighted by molar-refractivity contribution is 0.184. The molecule has 2 N–H and O–H groups in total. The van der Waals surface area contributed by atoms with Gasteiger partial charge in [0, 0.05) is 19.2 Å². The van der Waals surface area contributed by atoms with Crippen molar-refractivity contribution < 1.29 is 9.47 Å². The Bertz CT molecular complexity index is 511. The Morgan fingerprint density at radius 3 is 2.67 bits per heavy atom. The van der Waals surface area contributed by atoms with Crippen molar-refractivity contribution in [2.24, 2.45) is 5.73 Å². The second kappa shape index (κ2) is 6.19. The Kier molecular flexibility index (Phi) is 4.34. The molecule has 0 radical (unpaired) electrons. The third-order valence-electron chi connectivity index (χ3n) is 2.63. The van der Waals surface area contributed by atoms with Gasteiger partial charge in [0.15, 0.2) is 0 Å². The highest BCUT2D eigenvalue weighted by Gasteiger charge is 2.03. The third-order valence-corrected chi connectivity index (χ3v) is 2.63. The van der Waals surface area contributed by atoms with E-state index in [1.165, 1.54) is 0 Å². The molecule has 0 unspecified atom stereocenters. The van der Waals surface area contributed by atoms with Gasteiger partial charge in [0.1, 0.15) is 11.5 Å². The Hall–Kier alpha value is -1.84. The monoisotopic (exact) mass is 243 g/mol. The predicted octanol–water partition coefficient (Wildman–Crippen LogP) is 3.08. The number of para-hydroxylation sites is 1. The van der Waals surface area contributed by atoms with E-state index in [4.69, 9.17) is 15.2 Å². The van der Waals surface area contributed by atoms with E-state index in [0.29, 0.717) is 13.2 Å². The normalized spacial score (nSPS) is 10.3. The summed E-state index contributed by atoms with van der Waals surface area (Å²) in [6, 6.07) is 15.6. The number of rotatable bonds is 5. The van der Waals surface area contributed by atoms with Crippen molar-refractivity contribution in [3.8, 4) is 11.5 Å². The molecular formula is C15H17NO2. The van der Waals surface area contributed by atoms with Crippen molar-refractivity contribution in [3.63, 3.8) is 0 Å². The quantitative estimate of drug-likeness (QED) is 0.877. The molecule has 0 heterocycles. The van der Waals surface area contributed by atoms with Gasteiger partial charge in [-0.25, -0.2) is 0 Å². The molecule has 94 valence electrons. The number of nitrogens with two attached hydrogens (primary N) is 1. The van der Waals surface area contributed by atoms with Gasteiger partial charge >= 0.3 is 0 Å². The van der Waals surface area contributed by atoms with Gasteiger partial charge in [-0.15, -0.1) is 0 Å². The maximum atomic E-state index is 5.85. The molecule has 0 spiro atoms. The van der Waals surface area contributed by atoms with E-state index in [1.807, 2.05) is 48.5 Å². The molecule has 2 aromatic carbocycles. The van der Waals surface area contributed by atoms with Crippen LogP contribution in [0.25, 0.3) is 0 Å². The van der Waals surface area contributed by atoms with Gasteiger partial charge in [-0.1, -0.05) is 30.3 Å². The van der Waals surface area contributed by atoms with Crippen LogP contribution in [0.5, 0.6) is 11.5 Å². The van der Waals surface area contributed by atoms with E-state index >= 15 is 0 Å². The van der Waals surface area contributed by atoms with E-state index in [2.05, 4.69) is 0 Å². The zero-order valence-electron chi connectivity index (χ0n) is 10.4. The Morgan fingerprint density at radius 1 is 1.06 bits per heavy atom. The lowest BCUT2D eigenvalue weighted by Gasteiger charge is -2.10. The summed E-state index contributed by atoms with van der Waals surface area (Å²) < 4.78 is 11.0. The molecule has 0 saturated carbocycles. The highest BCUT2D eigenvalue weighted by atomic mass is 16.5. The number of hydrogen-bond acceptors (Lipinski definition) is 3. The molecule has 0 amide bonds. The Balaban J connectivity index is 2.20. The number of hydrogen-bond donors (Lipinski definition) is 1. The molecule has 3 nitrogen and oxygen atoms in total. The molecule has 0 aromatic heterocycles. The first-order chi connectivity index (χ1) is 8.83. The third kappa shape index (κ3) is 3.09. The zero-order chi connectivity index (χ0) is 12.8. The molecular weight excluding hydrogens is 226 g/mol. The van der Waals surface area contributed by atoms with Crippen LogP contribution < -0.4 is 10.5 Å². The summed E-state index contributed by atoms with van der Waals surface area (Å²) in [5.41, 5.74) is 7.76. The molecule has 3 heteroatoms. The number of ether oxygens (including phenoxy) is 2. The summed E-state index contributed by atoms with van der Waals surface area (Å²) in [5, 5.41) is 0. The Labute approximate surface area is 107 Å². The van der Waals surface area contributed by atoms with Crippen LogP contribution in [-0.4, -0.2) is 7.11 Å². The van der Waals surface area contributed by atoms with Crippen LogP contribution >= 0.6 is 0 Å². The maximum absolute atomic E-state index is 5.85. The smallest absolute Gasteiger partial charge is 0.131 e. The van der Waals surface area contributed by atoms with Gasteiger partial charge in [0.25, 0.3) is 0 Å². The van der Waals surface area contributed by atoms with E-state index in [9.17, 15) is 0 Å². The number of benzene rings is 2. The minimum absolute atomic E-state index is 0.466. The fourth-order valence-electron chi connectivity index (χ4n) is 1.76. The van der Waals surface area contributed by atoms with Crippen molar-refractivity contribution in [2.75, 3.05) is 7.11 Å². The van der Waals surface area contributed by atoms with Crippen molar-refractivity contribution in [1.29, 1.82) is 0 Å². The topological polar surface area (TPSA) is 44.5 Å². The van der Waals surface area contributed by atoms with Crippen molar-refractivity contribution in [2.45, 2.75) is 13.2 Å². The van der Waals surface area contributed by atoms with E-state index in [1.54, 1.807) is 7.11 Å². The van der Waals surface area contributed by atoms with Crippen LogP contribution in [-0.2, 0) is 17.9 Å². The SMILES string of the molecule is COCc1cccc(Oc2ccccc2CN)c1. The summed E-state index contributed by atoms with van der Waals surface area (Å²) in [7, 11) is 1.68.